The predicted molar refractivity (Wildman–Crippen MR) is 146 cm³/mol. The number of amides is 2. The fourth-order valence-corrected chi connectivity index (χ4v) is 4.45. The molecular weight excluding hydrogens is 507 g/mol. The van der Waals surface area contributed by atoms with Gasteiger partial charge in [-0.25, -0.2) is 4.39 Å². The van der Waals surface area contributed by atoms with Gasteiger partial charge >= 0.3 is 5.97 Å². The molecule has 2 aromatic carbocycles. The first-order valence-corrected chi connectivity index (χ1v) is 13.3. The highest BCUT2D eigenvalue weighted by Crippen LogP contribution is 2.30. The van der Waals surface area contributed by atoms with E-state index in [1.165, 1.54) is 34.4 Å². The SMILES string of the molecule is CCCCN(C(=O)c1ccccc1F)c1nnc(-c2ccc(C(=O)N[C@H](C)CC(=O)OC(C)(C)C)cc2)s1. The molecule has 10 heteroatoms. The Balaban J connectivity index is 1.70. The molecule has 3 aromatic rings. The number of carbonyl (C=O) groups is 3. The largest absolute Gasteiger partial charge is 0.460 e. The van der Waals surface area contributed by atoms with E-state index in [1.807, 2.05) is 6.92 Å². The third kappa shape index (κ3) is 7.92. The lowest BCUT2D eigenvalue weighted by Crippen LogP contribution is -2.36. The molecule has 2 amide bonds. The zero-order valence-corrected chi connectivity index (χ0v) is 23.1. The lowest BCUT2D eigenvalue weighted by atomic mass is 10.1. The third-order valence-corrected chi connectivity index (χ3v) is 6.39. The summed E-state index contributed by atoms with van der Waals surface area (Å²) in [4.78, 5) is 39.2. The average Bonchev–Trinajstić information content (AvgIpc) is 3.33. The van der Waals surface area contributed by atoms with E-state index in [2.05, 4.69) is 15.5 Å². The summed E-state index contributed by atoms with van der Waals surface area (Å²) in [6.07, 6.45) is 1.65. The Labute approximate surface area is 226 Å². The second-order valence-corrected chi connectivity index (χ2v) is 10.9. The van der Waals surface area contributed by atoms with E-state index in [9.17, 15) is 18.8 Å². The van der Waals surface area contributed by atoms with Crippen LogP contribution in [0.2, 0.25) is 0 Å². The number of nitrogens with zero attached hydrogens (tertiary/aromatic N) is 3. The normalized spacial score (nSPS) is 12.1. The topological polar surface area (TPSA) is 101 Å². The number of aromatic nitrogens is 2. The Hall–Kier alpha value is -3.66. The van der Waals surface area contributed by atoms with E-state index in [0.29, 0.717) is 22.2 Å². The number of anilines is 1. The van der Waals surface area contributed by atoms with Crippen LogP contribution in [0.15, 0.2) is 48.5 Å². The van der Waals surface area contributed by atoms with Crippen molar-refractivity contribution in [3.05, 3.63) is 65.5 Å². The summed E-state index contributed by atoms with van der Waals surface area (Å²) in [5, 5.41) is 12.2. The summed E-state index contributed by atoms with van der Waals surface area (Å²) in [6, 6.07) is 12.3. The van der Waals surface area contributed by atoms with Crippen molar-refractivity contribution in [2.24, 2.45) is 0 Å². The van der Waals surface area contributed by atoms with Gasteiger partial charge in [-0.15, -0.1) is 10.2 Å². The Morgan fingerprint density at radius 1 is 1.08 bits per heavy atom. The monoisotopic (exact) mass is 540 g/mol. The maximum absolute atomic E-state index is 14.3. The quantitative estimate of drug-likeness (QED) is 0.334. The molecule has 0 saturated heterocycles. The van der Waals surface area contributed by atoms with Crippen LogP contribution in [0.3, 0.4) is 0 Å². The second-order valence-electron chi connectivity index (χ2n) is 9.92. The maximum Gasteiger partial charge on any atom is 0.308 e. The molecule has 0 bridgehead atoms. The zero-order valence-electron chi connectivity index (χ0n) is 22.3. The van der Waals surface area contributed by atoms with Crippen molar-refractivity contribution in [2.75, 3.05) is 11.4 Å². The van der Waals surface area contributed by atoms with Gasteiger partial charge in [0.25, 0.3) is 11.8 Å². The predicted octanol–water partition coefficient (Wildman–Crippen LogP) is 5.64. The van der Waals surface area contributed by atoms with Gasteiger partial charge in [-0.2, -0.15) is 0 Å². The number of halogens is 1. The molecule has 0 saturated carbocycles. The van der Waals surface area contributed by atoms with Crippen molar-refractivity contribution >= 4 is 34.3 Å². The van der Waals surface area contributed by atoms with Crippen molar-refractivity contribution in [1.82, 2.24) is 15.5 Å². The number of nitrogens with one attached hydrogen (secondary N) is 1. The van der Waals surface area contributed by atoms with E-state index in [1.54, 1.807) is 58.0 Å². The number of ether oxygens (including phenoxy) is 1. The Bertz CT molecular complexity index is 1270. The van der Waals surface area contributed by atoms with Gasteiger partial charge in [-0.05, 0) is 58.4 Å². The number of rotatable bonds is 10. The maximum atomic E-state index is 14.3. The summed E-state index contributed by atoms with van der Waals surface area (Å²) in [5.74, 6) is -1.74. The minimum absolute atomic E-state index is 0.0170. The molecule has 0 aliphatic carbocycles. The lowest BCUT2D eigenvalue weighted by molar-refractivity contribution is -0.155. The minimum Gasteiger partial charge on any atom is -0.460 e. The van der Waals surface area contributed by atoms with Crippen LogP contribution in [0.25, 0.3) is 10.6 Å². The van der Waals surface area contributed by atoms with Gasteiger partial charge in [0.05, 0.1) is 12.0 Å². The van der Waals surface area contributed by atoms with Crippen LogP contribution >= 0.6 is 11.3 Å². The number of unbranched alkanes of at least 4 members (excludes halogenated alkanes) is 1. The molecule has 0 radical (unpaired) electrons. The molecule has 0 aliphatic rings. The van der Waals surface area contributed by atoms with Gasteiger partial charge in [0.2, 0.25) is 5.13 Å². The molecule has 1 aromatic heterocycles. The Kier molecular flexibility index (Phi) is 9.68. The van der Waals surface area contributed by atoms with Crippen LogP contribution in [-0.2, 0) is 9.53 Å². The first-order chi connectivity index (χ1) is 18.0. The van der Waals surface area contributed by atoms with E-state index >= 15 is 0 Å². The van der Waals surface area contributed by atoms with Crippen molar-refractivity contribution < 1.29 is 23.5 Å². The number of hydrogen-bond donors (Lipinski definition) is 1. The Morgan fingerprint density at radius 3 is 2.39 bits per heavy atom. The second kappa shape index (κ2) is 12.7. The molecular formula is C28H33FN4O4S. The van der Waals surface area contributed by atoms with Gasteiger partial charge in [0.1, 0.15) is 16.4 Å². The van der Waals surface area contributed by atoms with Crippen LogP contribution in [0, 0.1) is 5.82 Å². The summed E-state index contributed by atoms with van der Waals surface area (Å²) in [6.45, 7) is 9.51. The first kappa shape index (κ1) is 28.9. The fourth-order valence-electron chi connectivity index (χ4n) is 3.58. The van der Waals surface area contributed by atoms with Crippen LogP contribution in [0.4, 0.5) is 9.52 Å². The molecule has 202 valence electrons. The molecule has 38 heavy (non-hydrogen) atoms. The van der Waals surface area contributed by atoms with Gasteiger partial charge in [-0.1, -0.05) is 48.9 Å². The third-order valence-electron chi connectivity index (χ3n) is 5.39. The van der Waals surface area contributed by atoms with Gasteiger partial charge < -0.3 is 10.1 Å². The molecule has 0 unspecified atom stereocenters. The number of hydrogen-bond acceptors (Lipinski definition) is 7. The number of benzene rings is 2. The van der Waals surface area contributed by atoms with Crippen molar-refractivity contribution in [2.45, 2.75) is 65.5 Å². The summed E-state index contributed by atoms with van der Waals surface area (Å²) >= 11 is 1.22. The highest BCUT2D eigenvalue weighted by molar-refractivity contribution is 7.18. The van der Waals surface area contributed by atoms with Gasteiger partial charge in [0.15, 0.2) is 0 Å². The highest BCUT2D eigenvalue weighted by Gasteiger charge is 2.24. The number of esters is 1. The Morgan fingerprint density at radius 2 is 1.76 bits per heavy atom. The standard InChI is InChI=1S/C28H33FN4O4S/c1-6-7-16-33(26(36)21-10-8-9-11-22(21)29)27-32-31-25(38-27)20-14-12-19(13-15-20)24(35)30-18(2)17-23(34)37-28(3,4)5/h8-15,18H,6-7,16-17H2,1-5H3,(H,30,35)/t18-/m1/s1. The zero-order chi connectivity index (χ0) is 27.9. The van der Waals surface area contributed by atoms with E-state index in [0.717, 1.165) is 18.4 Å². The van der Waals surface area contributed by atoms with Crippen LogP contribution < -0.4 is 10.2 Å². The molecule has 3 rings (SSSR count). The summed E-state index contributed by atoms with van der Waals surface area (Å²) in [5.41, 5.74) is 0.547. The van der Waals surface area contributed by atoms with Crippen molar-refractivity contribution in [3.8, 4) is 10.6 Å². The molecule has 1 heterocycles. The van der Waals surface area contributed by atoms with Gasteiger partial charge in [0, 0.05) is 23.7 Å². The van der Waals surface area contributed by atoms with E-state index in [-0.39, 0.29) is 23.9 Å². The average molecular weight is 541 g/mol. The van der Waals surface area contributed by atoms with E-state index < -0.39 is 23.4 Å². The molecule has 0 fully saturated rings. The van der Waals surface area contributed by atoms with Crippen LogP contribution in [0.5, 0.6) is 0 Å². The van der Waals surface area contributed by atoms with Crippen LogP contribution in [-0.4, -0.2) is 46.2 Å². The molecule has 0 aliphatic heterocycles. The van der Waals surface area contributed by atoms with Crippen LogP contribution in [0.1, 0.15) is 74.6 Å². The fraction of sp³-hybridized carbons (Fsp3) is 0.393. The minimum atomic E-state index is -0.585. The van der Waals surface area contributed by atoms with Crippen molar-refractivity contribution in [1.29, 1.82) is 0 Å². The number of carbonyl (C=O) groups excluding carboxylic acids is 3. The molecule has 1 N–H and O–H groups in total. The summed E-state index contributed by atoms with van der Waals surface area (Å²) < 4.78 is 19.6. The smallest absolute Gasteiger partial charge is 0.308 e. The molecule has 1 atom stereocenters. The first-order valence-electron chi connectivity index (χ1n) is 12.5. The van der Waals surface area contributed by atoms with E-state index in [4.69, 9.17) is 4.74 Å². The molecule has 8 nitrogen and oxygen atoms in total. The highest BCUT2D eigenvalue weighted by atomic mass is 32.1. The molecule has 0 spiro atoms. The lowest BCUT2D eigenvalue weighted by Gasteiger charge is -2.21. The summed E-state index contributed by atoms with van der Waals surface area (Å²) in [7, 11) is 0. The van der Waals surface area contributed by atoms with Gasteiger partial charge in [-0.3, -0.25) is 19.3 Å². The van der Waals surface area contributed by atoms with Crippen molar-refractivity contribution in [3.63, 3.8) is 0 Å².